The topological polar surface area (TPSA) is 41.1 Å². The second-order valence-corrected chi connectivity index (χ2v) is 5.60. The Hall–Kier alpha value is -0.220. The summed E-state index contributed by atoms with van der Waals surface area (Å²) in [6.07, 6.45) is 8.23. The standard InChI is InChI=1S/C12H24N2OS/c1-10(7-8-16-2)14-12(15)9-13-11-5-3-4-6-11/h10-11,13H,3-9H2,1-2H3,(H,14,15). The first kappa shape index (κ1) is 13.8. The molecule has 1 atom stereocenters. The molecule has 1 rings (SSSR count). The number of hydrogen-bond donors (Lipinski definition) is 2. The van der Waals surface area contributed by atoms with Gasteiger partial charge < -0.3 is 10.6 Å². The summed E-state index contributed by atoms with van der Waals surface area (Å²) in [5.74, 6) is 1.25. The third kappa shape index (κ3) is 5.75. The van der Waals surface area contributed by atoms with E-state index < -0.39 is 0 Å². The third-order valence-corrected chi connectivity index (χ3v) is 3.71. The Morgan fingerprint density at radius 3 is 2.75 bits per heavy atom. The van der Waals surface area contributed by atoms with E-state index >= 15 is 0 Å². The van der Waals surface area contributed by atoms with Crippen molar-refractivity contribution in [3.05, 3.63) is 0 Å². The van der Waals surface area contributed by atoms with Crippen molar-refractivity contribution in [2.45, 2.75) is 51.1 Å². The molecular formula is C12H24N2OS. The molecule has 1 amide bonds. The molecule has 0 aromatic heterocycles. The first-order valence-electron chi connectivity index (χ1n) is 6.24. The van der Waals surface area contributed by atoms with E-state index in [1.807, 2.05) is 11.8 Å². The average Bonchev–Trinajstić information content (AvgIpc) is 2.76. The van der Waals surface area contributed by atoms with E-state index in [-0.39, 0.29) is 5.91 Å². The molecule has 0 saturated heterocycles. The van der Waals surface area contributed by atoms with Gasteiger partial charge in [0.15, 0.2) is 0 Å². The van der Waals surface area contributed by atoms with Gasteiger partial charge in [-0.1, -0.05) is 12.8 Å². The maximum Gasteiger partial charge on any atom is 0.234 e. The molecular weight excluding hydrogens is 220 g/mol. The summed E-state index contributed by atoms with van der Waals surface area (Å²) in [6.45, 7) is 2.55. The van der Waals surface area contributed by atoms with Crippen molar-refractivity contribution < 1.29 is 4.79 Å². The number of amides is 1. The van der Waals surface area contributed by atoms with Crippen molar-refractivity contribution in [3.8, 4) is 0 Å². The van der Waals surface area contributed by atoms with Gasteiger partial charge in [-0.05, 0) is 38.2 Å². The fourth-order valence-corrected chi connectivity index (χ4v) is 2.65. The molecule has 1 aliphatic carbocycles. The van der Waals surface area contributed by atoms with E-state index in [4.69, 9.17) is 0 Å². The quantitative estimate of drug-likeness (QED) is 0.717. The van der Waals surface area contributed by atoms with Crippen LogP contribution in [0, 0.1) is 0 Å². The lowest BCUT2D eigenvalue weighted by Crippen LogP contribution is -2.41. The number of hydrogen-bond acceptors (Lipinski definition) is 3. The fraction of sp³-hybridized carbons (Fsp3) is 0.917. The predicted molar refractivity (Wildman–Crippen MR) is 70.9 cm³/mol. The van der Waals surface area contributed by atoms with Crippen LogP contribution in [0.15, 0.2) is 0 Å². The zero-order valence-corrected chi connectivity index (χ0v) is 11.2. The third-order valence-electron chi connectivity index (χ3n) is 3.07. The Morgan fingerprint density at radius 1 is 1.44 bits per heavy atom. The lowest BCUT2D eigenvalue weighted by atomic mass is 10.2. The maximum atomic E-state index is 11.6. The van der Waals surface area contributed by atoms with Crippen LogP contribution in [0.2, 0.25) is 0 Å². The Labute approximate surface area is 103 Å². The second-order valence-electron chi connectivity index (χ2n) is 4.61. The summed E-state index contributed by atoms with van der Waals surface area (Å²) in [6, 6.07) is 0.873. The normalized spacial score (nSPS) is 18.6. The van der Waals surface area contributed by atoms with E-state index in [0.717, 1.165) is 12.2 Å². The van der Waals surface area contributed by atoms with Crippen molar-refractivity contribution in [3.63, 3.8) is 0 Å². The zero-order chi connectivity index (χ0) is 11.8. The van der Waals surface area contributed by atoms with Crippen molar-refractivity contribution in [2.24, 2.45) is 0 Å². The van der Waals surface area contributed by atoms with Gasteiger partial charge in [0, 0.05) is 12.1 Å². The minimum absolute atomic E-state index is 0.139. The number of carbonyl (C=O) groups is 1. The fourth-order valence-electron chi connectivity index (χ4n) is 2.06. The molecule has 0 aliphatic heterocycles. The summed E-state index contributed by atoms with van der Waals surface area (Å²) < 4.78 is 0. The number of thioether (sulfide) groups is 1. The van der Waals surface area contributed by atoms with Gasteiger partial charge in [-0.2, -0.15) is 11.8 Å². The predicted octanol–water partition coefficient (Wildman–Crippen LogP) is 1.78. The molecule has 0 aromatic rings. The van der Waals surface area contributed by atoms with Crippen LogP contribution in [0.1, 0.15) is 39.0 Å². The summed E-state index contributed by atoms with van der Waals surface area (Å²) in [5.41, 5.74) is 0. The van der Waals surface area contributed by atoms with Crippen LogP contribution < -0.4 is 10.6 Å². The maximum absolute atomic E-state index is 11.6. The lowest BCUT2D eigenvalue weighted by Gasteiger charge is -2.15. The minimum atomic E-state index is 0.139. The molecule has 1 aliphatic rings. The molecule has 94 valence electrons. The highest BCUT2D eigenvalue weighted by atomic mass is 32.2. The highest BCUT2D eigenvalue weighted by molar-refractivity contribution is 7.98. The lowest BCUT2D eigenvalue weighted by molar-refractivity contribution is -0.120. The van der Waals surface area contributed by atoms with Crippen LogP contribution in [0.25, 0.3) is 0 Å². The van der Waals surface area contributed by atoms with E-state index in [1.165, 1.54) is 25.7 Å². The van der Waals surface area contributed by atoms with Crippen LogP contribution in [0.5, 0.6) is 0 Å². The molecule has 0 bridgehead atoms. The van der Waals surface area contributed by atoms with Gasteiger partial charge in [0.2, 0.25) is 5.91 Å². The van der Waals surface area contributed by atoms with Crippen molar-refractivity contribution in [2.75, 3.05) is 18.6 Å². The number of rotatable bonds is 7. The van der Waals surface area contributed by atoms with Gasteiger partial charge in [0.1, 0.15) is 0 Å². The SMILES string of the molecule is CSCCC(C)NC(=O)CNC1CCCC1. The molecule has 0 radical (unpaired) electrons. The minimum Gasteiger partial charge on any atom is -0.353 e. The second kappa shape index (κ2) is 7.96. The van der Waals surface area contributed by atoms with Crippen LogP contribution in [-0.2, 0) is 4.79 Å². The highest BCUT2D eigenvalue weighted by Crippen LogP contribution is 2.17. The Kier molecular flexibility index (Phi) is 6.88. The summed E-state index contributed by atoms with van der Waals surface area (Å²) >= 11 is 1.82. The molecule has 1 unspecified atom stereocenters. The van der Waals surface area contributed by atoms with Gasteiger partial charge in [-0.15, -0.1) is 0 Å². The van der Waals surface area contributed by atoms with E-state index in [9.17, 15) is 4.79 Å². The molecule has 0 heterocycles. The van der Waals surface area contributed by atoms with Crippen molar-refractivity contribution in [1.82, 2.24) is 10.6 Å². The van der Waals surface area contributed by atoms with Gasteiger partial charge in [-0.25, -0.2) is 0 Å². The van der Waals surface area contributed by atoms with Crippen molar-refractivity contribution in [1.29, 1.82) is 0 Å². The number of nitrogens with one attached hydrogen (secondary N) is 2. The molecule has 0 spiro atoms. The van der Waals surface area contributed by atoms with Crippen LogP contribution in [0.3, 0.4) is 0 Å². The van der Waals surface area contributed by atoms with Gasteiger partial charge in [0.25, 0.3) is 0 Å². The number of carbonyl (C=O) groups excluding carboxylic acids is 1. The summed E-state index contributed by atoms with van der Waals surface area (Å²) in [4.78, 5) is 11.6. The van der Waals surface area contributed by atoms with E-state index in [0.29, 0.717) is 18.6 Å². The Morgan fingerprint density at radius 2 is 2.12 bits per heavy atom. The summed E-state index contributed by atoms with van der Waals surface area (Å²) in [5, 5.41) is 6.35. The van der Waals surface area contributed by atoms with Gasteiger partial charge in [-0.3, -0.25) is 4.79 Å². The van der Waals surface area contributed by atoms with E-state index in [1.54, 1.807) is 0 Å². The molecule has 3 nitrogen and oxygen atoms in total. The molecule has 4 heteroatoms. The highest BCUT2D eigenvalue weighted by Gasteiger charge is 2.15. The van der Waals surface area contributed by atoms with Crippen molar-refractivity contribution >= 4 is 17.7 Å². The van der Waals surface area contributed by atoms with Gasteiger partial charge >= 0.3 is 0 Å². The first-order chi connectivity index (χ1) is 7.72. The Bertz CT molecular complexity index is 205. The van der Waals surface area contributed by atoms with E-state index in [2.05, 4.69) is 23.8 Å². The zero-order valence-electron chi connectivity index (χ0n) is 10.4. The van der Waals surface area contributed by atoms with Crippen LogP contribution in [0.4, 0.5) is 0 Å². The van der Waals surface area contributed by atoms with Crippen LogP contribution >= 0.6 is 11.8 Å². The molecule has 0 aromatic carbocycles. The largest absolute Gasteiger partial charge is 0.353 e. The average molecular weight is 244 g/mol. The van der Waals surface area contributed by atoms with Crippen LogP contribution in [-0.4, -0.2) is 36.5 Å². The smallest absolute Gasteiger partial charge is 0.234 e. The Balaban J connectivity index is 2.05. The molecule has 2 N–H and O–H groups in total. The monoisotopic (exact) mass is 244 g/mol. The molecule has 1 saturated carbocycles. The molecule has 1 fully saturated rings. The summed E-state index contributed by atoms with van der Waals surface area (Å²) in [7, 11) is 0. The van der Waals surface area contributed by atoms with Gasteiger partial charge in [0.05, 0.1) is 6.54 Å². The molecule has 16 heavy (non-hydrogen) atoms. The first-order valence-corrected chi connectivity index (χ1v) is 7.63.